The highest BCUT2D eigenvalue weighted by Gasteiger charge is 2.22. The SMILES string of the molecule is O=C(N[C@H](c1ccccc1)c1n[c]no1)OCc1ccccc1. The van der Waals surface area contributed by atoms with E-state index in [1.54, 1.807) is 0 Å². The van der Waals surface area contributed by atoms with Gasteiger partial charge in [-0.2, -0.15) is 4.98 Å². The third-order valence-electron chi connectivity index (χ3n) is 3.19. The largest absolute Gasteiger partial charge is 0.445 e. The minimum absolute atomic E-state index is 0.185. The second-order valence-electron chi connectivity index (χ2n) is 4.78. The predicted molar refractivity (Wildman–Crippen MR) is 81.2 cm³/mol. The van der Waals surface area contributed by atoms with Gasteiger partial charge >= 0.3 is 6.09 Å². The Hall–Kier alpha value is -3.15. The molecule has 1 N–H and O–H groups in total. The van der Waals surface area contributed by atoms with Crippen molar-refractivity contribution in [2.75, 3.05) is 0 Å². The van der Waals surface area contributed by atoms with Gasteiger partial charge in [0.15, 0.2) is 0 Å². The van der Waals surface area contributed by atoms with Crippen molar-refractivity contribution in [2.24, 2.45) is 0 Å². The van der Waals surface area contributed by atoms with Crippen LogP contribution >= 0.6 is 0 Å². The number of hydrogen-bond acceptors (Lipinski definition) is 5. The van der Waals surface area contributed by atoms with E-state index in [2.05, 4.69) is 21.8 Å². The van der Waals surface area contributed by atoms with Crippen molar-refractivity contribution in [3.05, 3.63) is 84.0 Å². The van der Waals surface area contributed by atoms with Crippen LogP contribution in [-0.2, 0) is 11.3 Å². The molecule has 2 aromatic carbocycles. The Balaban J connectivity index is 1.68. The lowest BCUT2D eigenvalue weighted by Gasteiger charge is -2.15. The quantitative estimate of drug-likeness (QED) is 0.784. The lowest BCUT2D eigenvalue weighted by Crippen LogP contribution is -2.30. The maximum Gasteiger partial charge on any atom is 0.408 e. The molecule has 6 nitrogen and oxygen atoms in total. The first kappa shape index (κ1) is 14.8. The van der Waals surface area contributed by atoms with Gasteiger partial charge in [-0.15, -0.1) is 0 Å². The molecule has 115 valence electrons. The van der Waals surface area contributed by atoms with Crippen molar-refractivity contribution >= 4 is 6.09 Å². The number of carbonyl (C=O) groups is 1. The van der Waals surface area contributed by atoms with Gasteiger partial charge in [0.05, 0.1) is 0 Å². The summed E-state index contributed by atoms with van der Waals surface area (Å²) < 4.78 is 10.3. The molecule has 23 heavy (non-hydrogen) atoms. The first-order chi connectivity index (χ1) is 11.3. The predicted octanol–water partition coefficient (Wildman–Crippen LogP) is 2.89. The van der Waals surface area contributed by atoms with Gasteiger partial charge in [0.2, 0.25) is 6.33 Å². The Kier molecular flexibility index (Phi) is 4.63. The molecule has 0 aliphatic carbocycles. The normalized spacial score (nSPS) is 11.7. The Bertz CT molecular complexity index is 730. The molecular formula is C17H14N3O3. The number of ether oxygens (including phenoxy) is 1. The van der Waals surface area contributed by atoms with Crippen molar-refractivity contribution in [3.8, 4) is 0 Å². The molecule has 0 unspecified atom stereocenters. The zero-order valence-electron chi connectivity index (χ0n) is 12.2. The van der Waals surface area contributed by atoms with E-state index in [9.17, 15) is 4.79 Å². The molecule has 0 saturated heterocycles. The standard InChI is InChI=1S/C17H14N3O3/c21-17(22-11-13-7-3-1-4-8-13)20-15(16-18-12-19-23-16)14-9-5-2-6-10-14/h1-10,15H,11H2,(H,20,21)/t15-/m1/s1. The van der Waals surface area contributed by atoms with E-state index in [4.69, 9.17) is 9.26 Å². The molecule has 0 aliphatic heterocycles. The number of rotatable bonds is 5. The maximum atomic E-state index is 12.1. The summed E-state index contributed by atoms with van der Waals surface area (Å²) in [5.74, 6) is 0.243. The molecule has 1 amide bonds. The lowest BCUT2D eigenvalue weighted by molar-refractivity contribution is 0.135. The first-order valence-corrected chi connectivity index (χ1v) is 7.05. The van der Waals surface area contributed by atoms with Crippen LogP contribution in [-0.4, -0.2) is 16.2 Å². The number of carbonyl (C=O) groups excluding carboxylic acids is 1. The highest BCUT2D eigenvalue weighted by molar-refractivity contribution is 5.68. The highest BCUT2D eigenvalue weighted by Crippen LogP contribution is 2.19. The summed E-state index contributed by atoms with van der Waals surface area (Å²) in [4.78, 5) is 16.0. The Labute approximate surface area is 133 Å². The smallest absolute Gasteiger partial charge is 0.408 e. The summed E-state index contributed by atoms with van der Waals surface area (Å²) in [6.07, 6.45) is 1.78. The van der Waals surface area contributed by atoms with Crippen LogP contribution in [0.2, 0.25) is 0 Å². The molecule has 0 spiro atoms. The second kappa shape index (κ2) is 7.22. The van der Waals surface area contributed by atoms with Crippen LogP contribution in [0.25, 0.3) is 0 Å². The van der Waals surface area contributed by atoms with E-state index >= 15 is 0 Å². The van der Waals surface area contributed by atoms with Gasteiger partial charge in [-0.25, -0.2) is 4.79 Å². The molecule has 1 heterocycles. The van der Waals surface area contributed by atoms with Crippen LogP contribution in [0.3, 0.4) is 0 Å². The number of nitrogens with zero attached hydrogens (tertiary/aromatic N) is 2. The zero-order valence-corrected chi connectivity index (χ0v) is 12.2. The highest BCUT2D eigenvalue weighted by atomic mass is 16.5. The minimum atomic E-state index is -0.585. The molecule has 0 saturated carbocycles. The van der Waals surface area contributed by atoms with Crippen LogP contribution in [0, 0.1) is 6.33 Å². The fourth-order valence-electron chi connectivity index (χ4n) is 2.09. The summed E-state index contributed by atoms with van der Waals surface area (Å²) >= 11 is 0. The molecular weight excluding hydrogens is 294 g/mol. The fourth-order valence-corrected chi connectivity index (χ4v) is 2.09. The minimum Gasteiger partial charge on any atom is -0.445 e. The number of amides is 1. The van der Waals surface area contributed by atoms with Crippen molar-refractivity contribution in [3.63, 3.8) is 0 Å². The number of aromatic nitrogens is 2. The third kappa shape index (κ3) is 3.94. The summed E-state index contributed by atoms with van der Waals surface area (Å²) in [7, 11) is 0. The maximum absolute atomic E-state index is 12.1. The van der Waals surface area contributed by atoms with Gasteiger partial charge in [0.1, 0.15) is 12.6 Å². The molecule has 3 aromatic rings. The number of hydrogen-bond donors (Lipinski definition) is 1. The average molecular weight is 308 g/mol. The van der Waals surface area contributed by atoms with Crippen molar-refractivity contribution in [2.45, 2.75) is 12.6 Å². The number of nitrogens with one attached hydrogen (secondary N) is 1. The van der Waals surface area contributed by atoms with E-state index in [-0.39, 0.29) is 12.5 Å². The third-order valence-corrected chi connectivity index (χ3v) is 3.19. The second-order valence-corrected chi connectivity index (χ2v) is 4.78. The van der Waals surface area contributed by atoms with Crippen molar-refractivity contribution in [1.29, 1.82) is 0 Å². The monoisotopic (exact) mass is 308 g/mol. The fraction of sp³-hybridized carbons (Fsp3) is 0.118. The Morgan fingerprint density at radius 1 is 1.13 bits per heavy atom. The lowest BCUT2D eigenvalue weighted by atomic mass is 10.1. The van der Waals surface area contributed by atoms with Crippen molar-refractivity contribution in [1.82, 2.24) is 15.5 Å². The van der Waals surface area contributed by atoms with Gasteiger partial charge in [0, 0.05) is 0 Å². The topological polar surface area (TPSA) is 77.3 Å². The van der Waals surface area contributed by atoms with E-state index in [0.29, 0.717) is 0 Å². The van der Waals surface area contributed by atoms with Gasteiger partial charge in [0.25, 0.3) is 5.89 Å². The molecule has 1 atom stereocenters. The molecule has 0 fully saturated rings. The summed E-state index contributed by atoms with van der Waals surface area (Å²) in [5, 5.41) is 6.19. The van der Waals surface area contributed by atoms with Crippen LogP contribution in [0.15, 0.2) is 65.2 Å². The van der Waals surface area contributed by atoms with Crippen LogP contribution in [0.1, 0.15) is 23.1 Å². The number of benzene rings is 2. The van der Waals surface area contributed by atoms with Gasteiger partial charge in [-0.1, -0.05) is 65.8 Å². The van der Waals surface area contributed by atoms with E-state index in [1.807, 2.05) is 60.7 Å². The number of alkyl carbamates (subject to hydrolysis) is 1. The summed E-state index contributed by atoms with van der Waals surface area (Å²) in [5.41, 5.74) is 1.71. The van der Waals surface area contributed by atoms with E-state index < -0.39 is 12.1 Å². The van der Waals surface area contributed by atoms with E-state index in [0.717, 1.165) is 11.1 Å². The summed E-state index contributed by atoms with van der Waals surface area (Å²) in [6, 6.07) is 18.2. The van der Waals surface area contributed by atoms with Crippen LogP contribution in [0.4, 0.5) is 4.79 Å². The molecule has 1 aromatic heterocycles. The van der Waals surface area contributed by atoms with Gasteiger partial charge in [-0.05, 0) is 11.1 Å². The first-order valence-electron chi connectivity index (χ1n) is 7.05. The average Bonchev–Trinajstić information content (AvgIpc) is 3.14. The molecule has 0 bridgehead atoms. The van der Waals surface area contributed by atoms with Crippen molar-refractivity contribution < 1.29 is 14.1 Å². The molecule has 6 heteroatoms. The van der Waals surface area contributed by atoms with Gasteiger partial charge in [-0.3, -0.25) is 0 Å². The van der Waals surface area contributed by atoms with Crippen LogP contribution in [0.5, 0.6) is 0 Å². The Morgan fingerprint density at radius 2 is 1.83 bits per heavy atom. The van der Waals surface area contributed by atoms with Gasteiger partial charge < -0.3 is 14.6 Å². The molecule has 0 aliphatic rings. The van der Waals surface area contributed by atoms with E-state index in [1.165, 1.54) is 0 Å². The molecule has 3 rings (SSSR count). The van der Waals surface area contributed by atoms with Crippen LogP contribution < -0.4 is 5.32 Å². The molecule has 1 radical (unpaired) electrons. The summed E-state index contributed by atoms with van der Waals surface area (Å²) in [6.45, 7) is 0.185. The Morgan fingerprint density at radius 3 is 2.48 bits per heavy atom. The zero-order chi connectivity index (χ0) is 15.9.